The maximum absolute atomic E-state index is 6.20. The molecule has 3 aliphatic carbocycles. The van der Waals surface area contributed by atoms with Crippen LogP contribution in [0.3, 0.4) is 0 Å². The largest absolute Gasteiger partial charge is 0.381 e. The minimum absolute atomic E-state index is 0.782. The van der Waals surface area contributed by atoms with Gasteiger partial charge in [0.2, 0.25) is 0 Å². The summed E-state index contributed by atoms with van der Waals surface area (Å²) in [5.41, 5.74) is 0. The molecule has 0 aromatic carbocycles. The molecule has 0 amide bonds. The normalized spacial score (nSPS) is 39.0. The van der Waals surface area contributed by atoms with E-state index in [-0.39, 0.29) is 0 Å². The minimum atomic E-state index is 0.782. The molecule has 3 fully saturated rings. The second-order valence-corrected chi connectivity index (χ2v) is 10.0. The summed E-state index contributed by atoms with van der Waals surface area (Å²) in [6, 6.07) is 0. The zero-order valence-corrected chi connectivity index (χ0v) is 17.6. The van der Waals surface area contributed by atoms with Gasteiger partial charge in [-0.15, -0.1) is 0 Å². The highest BCUT2D eigenvalue weighted by molar-refractivity contribution is 4.76. The molecule has 2 heteroatoms. The molecule has 0 aliphatic heterocycles. The van der Waals surface area contributed by atoms with Crippen molar-refractivity contribution in [1.29, 1.82) is 0 Å². The number of rotatable bonds is 8. The zero-order chi connectivity index (χ0) is 18.2. The Morgan fingerprint density at radius 2 is 1.00 bits per heavy atom. The van der Waals surface area contributed by atoms with Crippen LogP contribution in [0.15, 0.2) is 0 Å². The van der Waals surface area contributed by atoms with E-state index >= 15 is 0 Å². The molecule has 6 atom stereocenters. The fraction of sp³-hybridized carbons (Fsp3) is 1.00. The molecule has 0 N–H and O–H groups in total. The monoisotopic (exact) mass is 364 g/mol. The summed E-state index contributed by atoms with van der Waals surface area (Å²) in [7, 11) is 0. The van der Waals surface area contributed by atoms with Gasteiger partial charge in [-0.05, 0) is 67.6 Å². The summed E-state index contributed by atoms with van der Waals surface area (Å²) in [6.45, 7) is 8.87. The van der Waals surface area contributed by atoms with Gasteiger partial charge in [-0.2, -0.15) is 0 Å². The quantitative estimate of drug-likeness (QED) is 0.491. The molecule has 0 heterocycles. The summed E-state index contributed by atoms with van der Waals surface area (Å²) in [5.74, 6) is 4.96. The molecule has 3 saturated carbocycles. The molecule has 0 saturated heterocycles. The van der Waals surface area contributed by atoms with Crippen molar-refractivity contribution in [3.63, 3.8) is 0 Å². The fourth-order valence-electron chi connectivity index (χ4n) is 5.76. The van der Waals surface area contributed by atoms with Gasteiger partial charge < -0.3 is 9.47 Å². The number of hydrogen-bond donors (Lipinski definition) is 0. The maximum atomic E-state index is 6.20. The first-order valence-electron chi connectivity index (χ1n) is 11.9. The van der Waals surface area contributed by atoms with Gasteiger partial charge in [0.1, 0.15) is 0 Å². The summed E-state index contributed by atoms with van der Waals surface area (Å²) < 4.78 is 12.4. The lowest BCUT2D eigenvalue weighted by atomic mass is 9.80. The molecule has 3 aliphatic rings. The lowest BCUT2D eigenvalue weighted by Gasteiger charge is -2.32. The Morgan fingerprint density at radius 1 is 0.538 bits per heavy atom. The van der Waals surface area contributed by atoms with Gasteiger partial charge >= 0.3 is 0 Å². The standard InChI is InChI=1S/C24H44O2/c1-19-8-3-5-12-23(19)17-25-15-21-10-7-11-22(14-21)16-26-18-24-13-6-4-9-20(24)2/h19-24H,3-18H2,1-2H3. The van der Waals surface area contributed by atoms with Crippen molar-refractivity contribution >= 4 is 0 Å². The van der Waals surface area contributed by atoms with E-state index in [1.165, 1.54) is 77.0 Å². The molecule has 0 bridgehead atoms. The van der Waals surface area contributed by atoms with E-state index < -0.39 is 0 Å². The van der Waals surface area contributed by atoms with Crippen molar-refractivity contribution in [2.45, 2.75) is 90.9 Å². The van der Waals surface area contributed by atoms with E-state index in [0.29, 0.717) is 0 Å². The van der Waals surface area contributed by atoms with Crippen LogP contribution in [0.2, 0.25) is 0 Å². The summed E-state index contributed by atoms with van der Waals surface area (Å²) in [6.07, 6.45) is 16.8. The van der Waals surface area contributed by atoms with Crippen LogP contribution in [0.1, 0.15) is 90.9 Å². The van der Waals surface area contributed by atoms with Crippen LogP contribution in [-0.4, -0.2) is 26.4 Å². The molecule has 0 radical (unpaired) electrons. The third kappa shape index (κ3) is 6.51. The van der Waals surface area contributed by atoms with E-state index in [9.17, 15) is 0 Å². The van der Waals surface area contributed by atoms with Crippen LogP contribution in [0.4, 0.5) is 0 Å². The van der Waals surface area contributed by atoms with Crippen LogP contribution in [0.25, 0.3) is 0 Å². The predicted octanol–water partition coefficient (Wildman–Crippen LogP) is 6.48. The van der Waals surface area contributed by atoms with Crippen molar-refractivity contribution in [2.24, 2.45) is 35.5 Å². The average molecular weight is 365 g/mol. The van der Waals surface area contributed by atoms with E-state index in [0.717, 1.165) is 61.9 Å². The highest BCUT2D eigenvalue weighted by Crippen LogP contribution is 2.33. The molecular formula is C24H44O2. The highest BCUT2D eigenvalue weighted by atomic mass is 16.5. The van der Waals surface area contributed by atoms with Crippen molar-refractivity contribution in [3.8, 4) is 0 Å². The Kier molecular flexibility index (Phi) is 8.78. The van der Waals surface area contributed by atoms with Gasteiger partial charge in [-0.1, -0.05) is 58.8 Å². The predicted molar refractivity (Wildman–Crippen MR) is 109 cm³/mol. The molecule has 6 unspecified atom stereocenters. The smallest absolute Gasteiger partial charge is 0.0496 e. The first kappa shape index (κ1) is 20.6. The summed E-state index contributed by atoms with van der Waals surface area (Å²) >= 11 is 0. The zero-order valence-electron chi connectivity index (χ0n) is 17.6. The van der Waals surface area contributed by atoms with Gasteiger partial charge in [-0.3, -0.25) is 0 Å². The lowest BCUT2D eigenvalue weighted by Crippen LogP contribution is -2.27. The first-order valence-corrected chi connectivity index (χ1v) is 11.9. The second kappa shape index (κ2) is 11.1. The summed E-state index contributed by atoms with van der Waals surface area (Å²) in [4.78, 5) is 0. The van der Waals surface area contributed by atoms with Crippen LogP contribution >= 0.6 is 0 Å². The maximum Gasteiger partial charge on any atom is 0.0496 e. The number of hydrogen-bond acceptors (Lipinski definition) is 2. The Labute approximate surface area is 162 Å². The van der Waals surface area contributed by atoms with Crippen molar-refractivity contribution in [1.82, 2.24) is 0 Å². The Hall–Kier alpha value is -0.0800. The number of ether oxygens (including phenoxy) is 2. The van der Waals surface area contributed by atoms with E-state index in [1.807, 2.05) is 0 Å². The van der Waals surface area contributed by atoms with Gasteiger partial charge in [0.25, 0.3) is 0 Å². The molecule has 152 valence electrons. The Balaban J connectivity index is 1.28. The fourth-order valence-corrected chi connectivity index (χ4v) is 5.76. The lowest BCUT2D eigenvalue weighted by molar-refractivity contribution is 0.00586. The SMILES string of the molecule is CC1CCCCC1COCC1CCCC(COCC2CCCCC2C)C1. The topological polar surface area (TPSA) is 18.5 Å². The molecule has 26 heavy (non-hydrogen) atoms. The van der Waals surface area contributed by atoms with Crippen molar-refractivity contribution in [2.75, 3.05) is 26.4 Å². The van der Waals surface area contributed by atoms with Crippen LogP contribution in [-0.2, 0) is 9.47 Å². The second-order valence-electron chi connectivity index (χ2n) is 10.0. The van der Waals surface area contributed by atoms with E-state index in [2.05, 4.69) is 13.8 Å². The average Bonchev–Trinajstić information content (AvgIpc) is 2.65. The first-order chi connectivity index (χ1) is 12.7. The van der Waals surface area contributed by atoms with Gasteiger partial charge in [0.15, 0.2) is 0 Å². The van der Waals surface area contributed by atoms with Gasteiger partial charge in [0.05, 0.1) is 0 Å². The molecule has 0 spiro atoms. The minimum Gasteiger partial charge on any atom is -0.381 e. The van der Waals surface area contributed by atoms with E-state index in [1.54, 1.807) is 0 Å². The van der Waals surface area contributed by atoms with Crippen molar-refractivity contribution < 1.29 is 9.47 Å². The molecule has 3 rings (SSSR count). The Bertz CT molecular complexity index is 348. The highest BCUT2D eigenvalue weighted by Gasteiger charge is 2.26. The van der Waals surface area contributed by atoms with Crippen molar-refractivity contribution in [3.05, 3.63) is 0 Å². The summed E-state index contributed by atoms with van der Waals surface area (Å²) in [5, 5.41) is 0. The molecule has 0 aromatic heterocycles. The van der Waals surface area contributed by atoms with E-state index in [4.69, 9.17) is 9.47 Å². The van der Waals surface area contributed by atoms with Gasteiger partial charge in [0, 0.05) is 26.4 Å². The van der Waals surface area contributed by atoms with Crippen LogP contribution < -0.4 is 0 Å². The van der Waals surface area contributed by atoms with Crippen LogP contribution in [0, 0.1) is 35.5 Å². The third-order valence-corrected chi connectivity index (χ3v) is 7.84. The molecule has 0 aromatic rings. The molecule has 2 nitrogen and oxygen atoms in total. The Morgan fingerprint density at radius 3 is 1.46 bits per heavy atom. The van der Waals surface area contributed by atoms with Gasteiger partial charge in [-0.25, -0.2) is 0 Å². The third-order valence-electron chi connectivity index (χ3n) is 7.84. The molecular weight excluding hydrogens is 320 g/mol. The van der Waals surface area contributed by atoms with Crippen LogP contribution in [0.5, 0.6) is 0 Å².